The Hall–Kier alpha value is -4.03. The van der Waals surface area contributed by atoms with E-state index in [0.717, 1.165) is 6.07 Å². The first kappa shape index (κ1) is 29.0. The van der Waals surface area contributed by atoms with Crippen LogP contribution in [0.4, 0.5) is 48.3 Å². The van der Waals surface area contributed by atoms with Gasteiger partial charge >= 0.3 is 12.7 Å². The number of rotatable bonds is 8. The van der Waals surface area contributed by atoms with Crippen LogP contribution in [-0.2, 0) is 12.5 Å². The van der Waals surface area contributed by atoms with E-state index in [1.807, 2.05) is 0 Å². The molecular weight excluding hydrogens is 565 g/mol. The van der Waals surface area contributed by atoms with E-state index in [4.69, 9.17) is 0 Å². The SMILES string of the molecule is CCCc1ccc2cc(C(F)(F)Oc3cc(F)c(-c4cc(F)c(OC(F)F)c(F)c4)c(F)c3)c(F)c(F)c2c1F. The van der Waals surface area contributed by atoms with Gasteiger partial charge in [-0.1, -0.05) is 25.5 Å². The van der Waals surface area contributed by atoms with Crippen LogP contribution in [0.3, 0.4) is 0 Å². The van der Waals surface area contributed by atoms with Crippen molar-refractivity contribution >= 4 is 10.8 Å². The molecule has 0 saturated carbocycles. The summed E-state index contributed by atoms with van der Waals surface area (Å²) < 4.78 is 164. The molecule has 4 rings (SSSR count). The van der Waals surface area contributed by atoms with Crippen LogP contribution in [0.15, 0.2) is 42.5 Å². The van der Waals surface area contributed by atoms with Gasteiger partial charge in [0.1, 0.15) is 28.8 Å². The Labute approximate surface area is 218 Å². The molecule has 0 spiro atoms. The van der Waals surface area contributed by atoms with Crippen LogP contribution < -0.4 is 9.47 Å². The number of hydrogen-bond donors (Lipinski definition) is 0. The van der Waals surface area contributed by atoms with Gasteiger partial charge in [0.2, 0.25) is 0 Å². The minimum Gasteiger partial charge on any atom is -0.429 e. The van der Waals surface area contributed by atoms with Gasteiger partial charge in [0, 0.05) is 12.1 Å². The molecule has 0 saturated heterocycles. The third-order valence-corrected chi connectivity index (χ3v) is 5.79. The molecule has 0 aliphatic carbocycles. The van der Waals surface area contributed by atoms with Crippen LogP contribution in [-0.4, -0.2) is 6.61 Å². The lowest BCUT2D eigenvalue weighted by Gasteiger charge is -2.21. The van der Waals surface area contributed by atoms with Crippen molar-refractivity contribution in [1.29, 1.82) is 0 Å². The zero-order valence-electron chi connectivity index (χ0n) is 20.0. The number of ether oxygens (including phenoxy) is 2. The van der Waals surface area contributed by atoms with Gasteiger partial charge in [-0.3, -0.25) is 0 Å². The molecule has 13 heteroatoms. The standard InChI is InChI=1S/C27H15F11O2/c1-2-3-11-4-5-12-6-15(23(33)24(34)21(12)22(11)32)27(37,38)40-14-9-16(28)20(17(29)10-14)13-7-18(30)25(19(31)8-13)39-26(35)36/h4-10,26H,2-3H2,1H3. The molecule has 0 aliphatic rings. The Kier molecular flexibility index (Phi) is 7.86. The second kappa shape index (κ2) is 10.9. The van der Waals surface area contributed by atoms with Gasteiger partial charge < -0.3 is 9.47 Å². The monoisotopic (exact) mass is 580 g/mol. The van der Waals surface area contributed by atoms with E-state index in [1.165, 1.54) is 6.07 Å². The lowest BCUT2D eigenvalue weighted by Crippen LogP contribution is -2.24. The molecule has 40 heavy (non-hydrogen) atoms. The first-order valence-electron chi connectivity index (χ1n) is 11.3. The molecule has 0 atom stereocenters. The van der Waals surface area contributed by atoms with E-state index in [9.17, 15) is 48.3 Å². The highest BCUT2D eigenvalue weighted by Gasteiger charge is 2.40. The second-order valence-corrected chi connectivity index (χ2v) is 8.47. The average Bonchev–Trinajstić information content (AvgIpc) is 2.84. The number of fused-ring (bicyclic) bond motifs is 1. The highest BCUT2D eigenvalue weighted by atomic mass is 19.3. The maximum absolute atomic E-state index is 14.9. The number of benzene rings is 4. The predicted molar refractivity (Wildman–Crippen MR) is 121 cm³/mol. The van der Waals surface area contributed by atoms with E-state index < -0.39 is 92.4 Å². The van der Waals surface area contributed by atoms with Crippen molar-refractivity contribution in [1.82, 2.24) is 0 Å². The average molecular weight is 580 g/mol. The quantitative estimate of drug-likeness (QED) is 0.194. The third kappa shape index (κ3) is 5.36. The first-order valence-corrected chi connectivity index (χ1v) is 11.3. The van der Waals surface area contributed by atoms with Gasteiger partial charge in [0.05, 0.1) is 10.9 Å². The van der Waals surface area contributed by atoms with Crippen molar-refractivity contribution < 1.29 is 57.8 Å². The largest absolute Gasteiger partial charge is 0.429 e. The molecule has 0 fully saturated rings. The zero-order chi connectivity index (χ0) is 29.5. The molecule has 0 aliphatic heterocycles. The fourth-order valence-corrected chi connectivity index (χ4v) is 4.09. The number of hydrogen-bond acceptors (Lipinski definition) is 2. The summed E-state index contributed by atoms with van der Waals surface area (Å²) in [5.41, 5.74) is -3.68. The summed E-state index contributed by atoms with van der Waals surface area (Å²) in [7, 11) is 0. The summed E-state index contributed by atoms with van der Waals surface area (Å²) in [5, 5.41) is -1.31. The van der Waals surface area contributed by atoms with Crippen molar-refractivity contribution in [2.75, 3.05) is 0 Å². The molecule has 212 valence electrons. The van der Waals surface area contributed by atoms with E-state index >= 15 is 0 Å². The van der Waals surface area contributed by atoms with Gasteiger partial charge in [0.15, 0.2) is 29.0 Å². The van der Waals surface area contributed by atoms with Crippen LogP contribution in [0.5, 0.6) is 11.5 Å². The van der Waals surface area contributed by atoms with Crippen molar-refractivity contribution in [3.05, 3.63) is 94.3 Å². The maximum Gasteiger partial charge on any atom is 0.429 e. The lowest BCUT2D eigenvalue weighted by atomic mass is 9.99. The first-order chi connectivity index (χ1) is 18.7. The molecule has 0 amide bonds. The predicted octanol–water partition coefficient (Wildman–Crippen LogP) is 9.16. The molecular formula is C27H15F11O2. The van der Waals surface area contributed by atoms with E-state index in [2.05, 4.69) is 9.47 Å². The van der Waals surface area contributed by atoms with Crippen molar-refractivity contribution in [2.24, 2.45) is 0 Å². The Morgan fingerprint density at radius 1 is 0.750 bits per heavy atom. The third-order valence-electron chi connectivity index (χ3n) is 5.79. The fourth-order valence-electron chi connectivity index (χ4n) is 4.09. The van der Waals surface area contributed by atoms with E-state index in [0.29, 0.717) is 12.5 Å². The maximum atomic E-state index is 14.9. The second-order valence-electron chi connectivity index (χ2n) is 8.47. The number of alkyl halides is 4. The summed E-state index contributed by atoms with van der Waals surface area (Å²) in [5.74, 6) is -14.9. The van der Waals surface area contributed by atoms with Crippen LogP contribution in [0.25, 0.3) is 21.9 Å². The summed E-state index contributed by atoms with van der Waals surface area (Å²) in [6.45, 7) is -1.90. The molecule has 0 bridgehead atoms. The smallest absolute Gasteiger partial charge is 0.429 e. The minimum absolute atomic E-state index is 0.0334. The molecule has 0 heterocycles. The molecule has 4 aromatic carbocycles. The van der Waals surface area contributed by atoms with Crippen LogP contribution in [0.2, 0.25) is 0 Å². The minimum atomic E-state index is -4.75. The van der Waals surface area contributed by atoms with Crippen LogP contribution >= 0.6 is 0 Å². The number of aryl methyl sites for hydroxylation is 1. The van der Waals surface area contributed by atoms with Crippen molar-refractivity contribution in [3.63, 3.8) is 0 Å². The summed E-state index contributed by atoms with van der Waals surface area (Å²) in [6, 6.07) is 3.57. The summed E-state index contributed by atoms with van der Waals surface area (Å²) in [6.07, 6.45) is -4.11. The Morgan fingerprint density at radius 2 is 1.35 bits per heavy atom. The fraction of sp³-hybridized carbons (Fsp3) is 0.185. The van der Waals surface area contributed by atoms with Gasteiger partial charge in [-0.2, -0.15) is 17.6 Å². The Bertz CT molecular complexity index is 1560. The lowest BCUT2D eigenvalue weighted by molar-refractivity contribution is -0.187. The van der Waals surface area contributed by atoms with Crippen LogP contribution in [0, 0.1) is 40.7 Å². The molecule has 0 N–H and O–H groups in total. The highest BCUT2D eigenvalue weighted by Crippen LogP contribution is 2.40. The zero-order valence-corrected chi connectivity index (χ0v) is 20.0. The molecule has 2 nitrogen and oxygen atoms in total. The van der Waals surface area contributed by atoms with Crippen molar-refractivity contribution in [2.45, 2.75) is 32.5 Å². The van der Waals surface area contributed by atoms with E-state index in [-0.39, 0.29) is 36.2 Å². The van der Waals surface area contributed by atoms with Crippen molar-refractivity contribution in [3.8, 4) is 22.6 Å². The molecule has 0 unspecified atom stereocenters. The molecule has 0 aromatic heterocycles. The van der Waals surface area contributed by atoms with Crippen LogP contribution in [0.1, 0.15) is 24.5 Å². The topological polar surface area (TPSA) is 18.5 Å². The van der Waals surface area contributed by atoms with E-state index in [1.54, 1.807) is 6.92 Å². The highest BCUT2D eigenvalue weighted by molar-refractivity contribution is 5.85. The Morgan fingerprint density at radius 3 is 1.90 bits per heavy atom. The summed E-state index contributed by atoms with van der Waals surface area (Å²) in [4.78, 5) is 0. The summed E-state index contributed by atoms with van der Waals surface area (Å²) >= 11 is 0. The normalized spacial score (nSPS) is 11.9. The molecule has 0 radical (unpaired) electrons. The Balaban J connectivity index is 1.71. The van der Waals surface area contributed by atoms with Gasteiger partial charge in [-0.05, 0) is 41.1 Å². The van der Waals surface area contributed by atoms with Gasteiger partial charge in [-0.15, -0.1) is 0 Å². The number of halogens is 11. The molecule has 4 aromatic rings. The van der Waals surface area contributed by atoms with Gasteiger partial charge in [-0.25, -0.2) is 30.7 Å². The van der Waals surface area contributed by atoms with Gasteiger partial charge in [0.25, 0.3) is 0 Å².